The minimum absolute atomic E-state index is 0.469. The first-order valence-corrected chi connectivity index (χ1v) is 5.57. The van der Waals surface area contributed by atoms with Crippen LogP contribution in [0.15, 0.2) is 0 Å². The van der Waals surface area contributed by atoms with Crippen LogP contribution in [-0.2, 0) is 0 Å². The maximum atomic E-state index is 3.50. The van der Waals surface area contributed by atoms with E-state index in [0.717, 1.165) is 12.0 Å². The highest BCUT2D eigenvalue weighted by Crippen LogP contribution is 2.25. The lowest BCUT2D eigenvalue weighted by molar-refractivity contribution is 0.295. The quantitative estimate of drug-likeness (QED) is 0.609. The van der Waals surface area contributed by atoms with Crippen LogP contribution in [0.4, 0.5) is 0 Å². The monoisotopic (exact) mass is 185 g/mol. The number of hydrogen-bond donors (Lipinski definition) is 1. The lowest BCUT2D eigenvalue weighted by Crippen LogP contribution is -2.34. The van der Waals surface area contributed by atoms with E-state index in [1.54, 1.807) is 0 Å². The van der Waals surface area contributed by atoms with E-state index in [1.807, 2.05) is 0 Å². The fourth-order valence-electron chi connectivity index (χ4n) is 1.42. The van der Waals surface area contributed by atoms with Gasteiger partial charge in [-0.2, -0.15) is 0 Å². The molecule has 0 unspecified atom stereocenters. The predicted octanol–water partition coefficient (Wildman–Crippen LogP) is 3.45. The van der Waals surface area contributed by atoms with Crippen LogP contribution in [0.2, 0.25) is 0 Å². The molecule has 1 saturated heterocycles. The zero-order chi connectivity index (χ0) is 10.5. The van der Waals surface area contributed by atoms with Gasteiger partial charge in [0.1, 0.15) is 0 Å². The first-order valence-electron chi connectivity index (χ1n) is 5.57. The van der Waals surface area contributed by atoms with Crippen molar-refractivity contribution in [1.82, 2.24) is 5.32 Å². The molecular weight excluding hydrogens is 158 g/mol. The van der Waals surface area contributed by atoms with E-state index in [0.29, 0.717) is 5.41 Å². The van der Waals surface area contributed by atoms with Crippen LogP contribution in [0.1, 0.15) is 54.4 Å². The van der Waals surface area contributed by atoms with Crippen LogP contribution >= 0.6 is 0 Å². The lowest BCUT2D eigenvalue weighted by atomic mass is 9.86. The van der Waals surface area contributed by atoms with Crippen molar-refractivity contribution in [2.45, 2.75) is 60.4 Å². The van der Waals surface area contributed by atoms with Crippen molar-refractivity contribution in [2.75, 3.05) is 6.54 Å². The molecule has 13 heavy (non-hydrogen) atoms. The van der Waals surface area contributed by atoms with E-state index in [9.17, 15) is 0 Å². The summed E-state index contributed by atoms with van der Waals surface area (Å²) in [5.74, 6) is 0.833. The number of rotatable bonds is 0. The first-order chi connectivity index (χ1) is 5.84. The maximum Gasteiger partial charge on any atom is 0.0116 e. The Morgan fingerprint density at radius 2 is 1.62 bits per heavy atom. The molecule has 0 aromatic heterocycles. The molecule has 80 valence electrons. The minimum Gasteiger partial charge on any atom is -0.313 e. The van der Waals surface area contributed by atoms with E-state index >= 15 is 0 Å². The van der Waals surface area contributed by atoms with Crippen molar-refractivity contribution in [3.05, 3.63) is 0 Å². The Morgan fingerprint density at radius 1 is 1.15 bits per heavy atom. The highest BCUT2D eigenvalue weighted by atomic mass is 14.9. The van der Waals surface area contributed by atoms with E-state index < -0.39 is 0 Å². The zero-order valence-electron chi connectivity index (χ0n) is 10.3. The molecular formula is C12H27N. The molecule has 1 aliphatic heterocycles. The standard InChI is InChI=1S/C8H17N.C4H10/c1-8(2,3)7-5-4-6-9-7;1-4(2)3/h7,9H,4-6H2,1-3H3;4H,1-3H3/t7-;/m1./s1. The lowest BCUT2D eigenvalue weighted by Gasteiger charge is -2.26. The molecule has 0 radical (unpaired) electrons. The molecule has 1 fully saturated rings. The Bertz CT molecular complexity index is 113. The van der Waals surface area contributed by atoms with Crippen molar-refractivity contribution in [1.29, 1.82) is 0 Å². The zero-order valence-corrected chi connectivity index (χ0v) is 10.3. The predicted molar refractivity (Wildman–Crippen MR) is 61.0 cm³/mol. The fourth-order valence-corrected chi connectivity index (χ4v) is 1.42. The average molecular weight is 185 g/mol. The van der Waals surface area contributed by atoms with Gasteiger partial charge in [-0.3, -0.25) is 0 Å². The van der Waals surface area contributed by atoms with Crippen LogP contribution in [0.5, 0.6) is 0 Å². The van der Waals surface area contributed by atoms with Crippen LogP contribution in [0.25, 0.3) is 0 Å². The van der Waals surface area contributed by atoms with Crippen molar-refractivity contribution in [2.24, 2.45) is 11.3 Å². The van der Waals surface area contributed by atoms with Gasteiger partial charge in [0, 0.05) is 6.04 Å². The second-order valence-corrected chi connectivity index (χ2v) is 5.75. The Labute approximate surface area is 84.3 Å². The summed E-state index contributed by atoms with van der Waals surface area (Å²) < 4.78 is 0. The molecule has 0 aliphatic carbocycles. The largest absolute Gasteiger partial charge is 0.313 e. The van der Waals surface area contributed by atoms with Gasteiger partial charge in [0.2, 0.25) is 0 Å². The molecule has 0 amide bonds. The molecule has 0 spiro atoms. The first kappa shape index (κ1) is 13.0. The van der Waals surface area contributed by atoms with Gasteiger partial charge >= 0.3 is 0 Å². The second-order valence-electron chi connectivity index (χ2n) is 5.75. The third-order valence-electron chi connectivity index (χ3n) is 2.11. The minimum atomic E-state index is 0.469. The highest BCUT2D eigenvalue weighted by molar-refractivity contribution is 4.84. The van der Waals surface area contributed by atoms with E-state index in [1.165, 1.54) is 19.4 Å². The third-order valence-corrected chi connectivity index (χ3v) is 2.11. The van der Waals surface area contributed by atoms with Gasteiger partial charge in [-0.25, -0.2) is 0 Å². The molecule has 1 N–H and O–H groups in total. The smallest absolute Gasteiger partial charge is 0.0116 e. The van der Waals surface area contributed by atoms with Gasteiger partial charge in [0.25, 0.3) is 0 Å². The number of hydrogen-bond acceptors (Lipinski definition) is 1. The summed E-state index contributed by atoms with van der Waals surface area (Å²) in [7, 11) is 0. The Morgan fingerprint density at radius 3 is 1.77 bits per heavy atom. The van der Waals surface area contributed by atoms with Gasteiger partial charge in [0.15, 0.2) is 0 Å². The number of nitrogens with one attached hydrogen (secondary N) is 1. The summed E-state index contributed by atoms with van der Waals surface area (Å²) >= 11 is 0. The van der Waals surface area contributed by atoms with Crippen molar-refractivity contribution >= 4 is 0 Å². The molecule has 1 aliphatic rings. The second kappa shape index (κ2) is 5.64. The summed E-state index contributed by atoms with van der Waals surface area (Å²) in [5.41, 5.74) is 0.469. The average Bonchev–Trinajstić information content (AvgIpc) is 2.31. The molecule has 1 nitrogen and oxygen atoms in total. The van der Waals surface area contributed by atoms with Gasteiger partial charge in [-0.15, -0.1) is 0 Å². The molecule has 1 atom stereocenters. The molecule has 1 rings (SSSR count). The van der Waals surface area contributed by atoms with Crippen molar-refractivity contribution in [3.63, 3.8) is 0 Å². The summed E-state index contributed by atoms with van der Waals surface area (Å²) in [4.78, 5) is 0. The summed E-state index contributed by atoms with van der Waals surface area (Å²) in [5, 5.41) is 3.50. The normalized spacial score (nSPS) is 22.8. The van der Waals surface area contributed by atoms with Gasteiger partial charge in [0.05, 0.1) is 0 Å². The SMILES string of the molecule is CC(C)(C)[C@H]1CCCN1.CC(C)C. The molecule has 0 bridgehead atoms. The summed E-state index contributed by atoms with van der Waals surface area (Å²) in [6.07, 6.45) is 2.73. The van der Waals surface area contributed by atoms with Gasteiger partial charge < -0.3 is 5.32 Å². The summed E-state index contributed by atoms with van der Waals surface area (Å²) in [6, 6.07) is 0.762. The van der Waals surface area contributed by atoms with Crippen LogP contribution < -0.4 is 5.32 Å². The van der Waals surface area contributed by atoms with Gasteiger partial charge in [-0.05, 0) is 30.7 Å². The Hall–Kier alpha value is -0.0400. The van der Waals surface area contributed by atoms with E-state index in [-0.39, 0.29) is 0 Å². The Balaban J connectivity index is 0.000000310. The maximum absolute atomic E-state index is 3.50. The molecule has 0 aromatic rings. The van der Waals surface area contributed by atoms with Gasteiger partial charge in [-0.1, -0.05) is 41.5 Å². The molecule has 1 heterocycles. The van der Waals surface area contributed by atoms with E-state index in [2.05, 4.69) is 46.9 Å². The molecule has 1 heteroatoms. The summed E-state index contributed by atoms with van der Waals surface area (Å²) in [6.45, 7) is 14.6. The van der Waals surface area contributed by atoms with Crippen LogP contribution in [-0.4, -0.2) is 12.6 Å². The van der Waals surface area contributed by atoms with Crippen LogP contribution in [0, 0.1) is 11.3 Å². The fraction of sp³-hybridized carbons (Fsp3) is 1.00. The molecule has 0 aromatic carbocycles. The van der Waals surface area contributed by atoms with E-state index in [4.69, 9.17) is 0 Å². The third kappa shape index (κ3) is 7.06. The Kier molecular flexibility index (Phi) is 5.62. The topological polar surface area (TPSA) is 12.0 Å². The van der Waals surface area contributed by atoms with Crippen molar-refractivity contribution in [3.8, 4) is 0 Å². The highest BCUT2D eigenvalue weighted by Gasteiger charge is 2.26. The van der Waals surface area contributed by atoms with Crippen LogP contribution in [0.3, 0.4) is 0 Å². The molecule has 0 saturated carbocycles. The van der Waals surface area contributed by atoms with Crippen molar-refractivity contribution < 1.29 is 0 Å².